The number of aryl methyl sites for hydroxylation is 2. The number of carboxylic acid groups (broad SMARTS) is 1. The van der Waals surface area contributed by atoms with Crippen LogP contribution in [-0.2, 0) is 6.54 Å². The van der Waals surface area contributed by atoms with Crippen LogP contribution in [0.5, 0.6) is 5.75 Å². The summed E-state index contributed by atoms with van der Waals surface area (Å²) in [7, 11) is 1.57. The number of nitrogens with zero attached hydrogens (tertiary/aromatic N) is 2. The molecule has 0 amide bonds. The van der Waals surface area contributed by atoms with E-state index in [1.54, 1.807) is 18.0 Å². The van der Waals surface area contributed by atoms with Crippen molar-refractivity contribution in [3.05, 3.63) is 35.5 Å². The van der Waals surface area contributed by atoms with E-state index in [0.717, 1.165) is 18.4 Å². The zero-order chi connectivity index (χ0) is 15.4. The topological polar surface area (TPSA) is 64.4 Å². The van der Waals surface area contributed by atoms with Crippen molar-refractivity contribution in [2.45, 2.75) is 33.2 Å². The quantitative estimate of drug-likeness (QED) is 0.885. The SMILES string of the molecule is CCCCn1cc(C(=O)O)c(-c2cc(C)ccc2OC)n1. The Bertz CT molecular complexity index is 647. The summed E-state index contributed by atoms with van der Waals surface area (Å²) in [5.41, 5.74) is 2.41. The second-order valence-corrected chi connectivity index (χ2v) is 5.02. The number of unbranched alkanes of at least 4 members (excludes halogenated alkanes) is 1. The molecule has 2 aromatic rings. The van der Waals surface area contributed by atoms with E-state index >= 15 is 0 Å². The average molecular weight is 288 g/mol. The van der Waals surface area contributed by atoms with E-state index in [2.05, 4.69) is 12.0 Å². The molecule has 0 spiro atoms. The van der Waals surface area contributed by atoms with Crippen molar-refractivity contribution in [1.29, 1.82) is 0 Å². The van der Waals surface area contributed by atoms with Gasteiger partial charge < -0.3 is 9.84 Å². The molecule has 5 nitrogen and oxygen atoms in total. The molecule has 1 aromatic carbocycles. The predicted molar refractivity (Wildman–Crippen MR) is 80.8 cm³/mol. The Morgan fingerprint density at radius 2 is 2.19 bits per heavy atom. The second-order valence-electron chi connectivity index (χ2n) is 5.02. The Hall–Kier alpha value is -2.30. The van der Waals surface area contributed by atoms with Gasteiger partial charge in [-0.15, -0.1) is 0 Å². The first kappa shape index (κ1) is 15.1. The van der Waals surface area contributed by atoms with Gasteiger partial charge in [-0.3, -0.25) is 4.68 Å². The first-order chi connectivity index (χ1) is 10.1. The summed E-state index contributed by atoms with van der Waals surface area (Å²) in [6.45, 7) is 4.76. The highest BCUT2D eigenvalue weighted by atomic mass is 16.5. The third-order valence-electron chi connectivity index (χ3n) is 3.34. The van der Waals surface area contributed by atoms with Crippen molar-refractivity contribution >= 4 is 5.97 Å². The molecule has 0 fully saturated rings. The number of carbonyl (C=O) groups is 1. The first-order valence-electron chi connectivity index (χ1n) is 7.02. The molecule has 1 heterocycles. The second kappa shape index (κ2) is 6.43. The number of ether oxygens (including phenoxy) is 1. The van der Waals surface area contributed by atoms with Crippen molar-refractivity contribution in [3.63, 3.8) is 0 Å². The number of hydrogen-bond acceptors (Lipinski definition) is 3. The maximum absolute atomic E-state index is 11.5. The Morgan fingerprint density at radius 1 is 1.43 bits per heavy atom. The van der Waals surface area contributed by atoms with Crippen LogP contribution in [0.25, 0.3) is 11.3 Å². The summed E-state index contributed by atoms with van der Waals surface area (Å²) < 4.78 is 7.04. The lowest BCUT2D eigenvalue weighted by Gasteiger charge is -2.08. The van der Waals surface area contributed by atoms with Gasteiger partial charge in [0, 0.05) is 18.3 Å². The van der Waals surface area contributed by atoms with Gasteiger partial charge in [-0.05, 0) is 25.5 Å². The minimum absolute atomic E-state index is 0.204. The average Bonchev–Trinajstić information content (AvgIpc) is 2.89. The summed E-state index contributed by atoms with van der Waals surface area (Å²) in [6.07, 6.45) is 3.59. The lowest BCUT2D eigenvalue weighted by molar-refractivity contribution is 0.0697. The van der Waals surface area contributed by atoms with Crippen LogP contribution in [0.2, 0.25) is 0 Å². The van der Waals surface area contributed by atoms with Crippen LogP contribution >= 0.6 is 0 Å². The van der Waals surface area contributed by atoms with Crippen molar-refractivity contribution in [2.75, 3.05) is 7.11 Å². The fourth-order valence-electron chi connectivity index (χ4n) is 2.22. The third-order valence-corrected chi connectivity index (χ3v) is 3.34. The van der Waals surface area contributed by atoms with Gasteiger partial charge in [-0.2, -0.15) is 5.10 Å². The number of rotatable bonds is 6. The van der Waals surface area contributed by atoms with Gasteiger partial charge in [0.1, 0.15) is 17.0 Å². The molecule has 5 heteroatoms. The van der Waals surface area contributed by atoms with Crippen LogP contribution in [-0.4, -0.2) is 28.0 Å². The molecular weight excluding hydrogens is 268 g/mol. The van der Waals surface area contributed by atoms with Crippen molar-refractivity contribution in [2.24, 2.45) is 0 Å². The predicted octanol–water partition coefficient (Wildman–Crippen LogP) is 3.37. The molecule has 1 aromatic heterocycles. The summed E-state index contributed by atoms with van der Waals surface area (Å²) in [4.78, 5) is 11.5. The molecule has 21 heavy (non-hydrogen) atoms. The van der Waals surface area contributed by atoms with Gasteiger partial charge in [0.15, 0.2) is 0 Å². The molecule has 0 aliphatic rings. The standard InChI is InChI=1S/C16H20N2O3/c1-4-5-8-18-10-13(16(19)20)15(17-18)12-9-11(2)6-7-14(12)21-3/h6-7,9-10H,4-5,8H2,1-3H3,(H,19,20). The van der Waals surface area contributed by atoms with E-state index in [0.29, 0.717) is 23.6 Å². The molecule has 0 unspecified atom stereocenters. The smallest absolute Gasteiger partial charge is 0.339 e. The normalized spacial score (nSPS) is 10.6. The van der Waals surface area contributed by atoms with Crippen LogP contribution in [0.1, 0.15) is 35.7 Å². The third kappa shape index (κ3) is 3.24. The zero-order valence-corrected chi connectivity index (χ0v) is 12.6. The van der Waals surface area contributed by atoms with E-state index in [1.165, 1.54) is 0 Å². The van der Waals surface area contributed by atoms with E-state index in [1.807, 2.05) is 25.1 Å². The summed E-state index contributed by atoms with van der Waals surface area (Å²) in [6, 6.07) is 5.66. The molecule has 0 aliphatic carbocycles. The summed E-state index contributed by atoms with van der Waals surface area (Å²) in [5.74, 6) is -0.347. The molecule has 0 saturated heterocycles. The first-order valence-corrected chi connectivity index (χ1v) is 7.02. The van der Waals surface area contributed by atoms with Gasteiger partial charge >= 0.3 is 5.97 Å². The molecule has 0 saturated carbocycles. The maximum atomic E-state index is 11.5. The largest absolute Gasteiger partial charge is 0.496 e. The van der Waals surface area contributed by atoms with E-state index < -0.39 is 5.97 Å². The highest BCUT2D eigenvalue weighted by Crippen LogP contribution is 2.32. The van der Waals surface area contributed by atoms with Crippen molar-refractivity contribution < 1.29 is 14.6 Å². The number of aromatic nitrogens is 2. The van der Waals surface area contributed by atoms with Crippen molar-refractivity contribution in [1.82, 2.24) is 9.78 Å². The number of benzene rings is 1. The van der Waals surface area contributed by atoms with Crippen LogP contribution in [0.3, 0.4) is 0 Å². The zero-order valence-electron chi connectivity index (χ0n) is 12.6. The van der Waals surface area contributed by atoms with Gasteiger partial charge in [0.05, 0.1) is 7.11 Å². The van der Waals surface area contributed by atoms with Crippen LogP contribution in [0, 0.1) is 6.92 Å². The Balaban J connectivity index is 2.53. The lowest BCUT2D eigenvalue weighted by Crippen LogP contribution is -1.98. The molecule has 0 aliphatic heterocycles. The molecule has 0 bridgehead atoms. The fraction of sp³-hybridized carbons (Fsp3) is 0.375. The molecule has 0 radical (unpaired) electrons. The Kier molecular flexibility index (Phi) is 4.62. The minimum atomic E-state index is -0.976. The lowest BCUT2D eigenvalue weighted by atomic mass is 10.0. The Morgan fingerprint density at radius 3 is 2.81 bits per heavy atom. The van der Waals surface area contributed by atoms with Gasteiger partial charge in [0.25, 0.3) is 0 Å². The van der Waals surface area contributed by atoms with Gasteiger partial charge in [0.2, 0.25) is 0 Å². The Labute approximate surface area is 124 Å². The van der Waals surface area contributed by atoms with Gasteiger partial charge in [-0.25, -0.2) is 4.79 Å². The molecule has 0 atom stereocenters. The number of hydrogen-bond donors (Lipinski definition) is 1. The number of methoxy groups -OCH3 is 1. The van der Waals surface area contributed by atoms with Crippen LogP contribution < -0.4 is 4.74 Å². The number of carboxylic acids is 1. The number of aromatic carboxylic acids is 1. The van der Waals surface area contributed by atoms with Crippen LogP contribution in [0.15, 0.2) is 24.4 Å². The minimum Gasteiger partial charge on any atom is -0.496 e. The molecule has 1 N–H and O–H groups in total. The van der Waals surface area contributed by atoms with E-state index in [9.17, 15) is 9.90 Å². The van der Waals surface area contributed by atoms with Crippen molar-refractivity contribution in [3.8, 4) is 17.0 Å². The summed E-state index contributed by atoms with van der Waals surface area (Å²) in [5, 5.41) is 13.8. The molecule has 112 valence electrons. The fourth-order valence-corrected chi connectivity index (χ4v) is 2.22. The summed E-state index contributed by atoms with van der Waals surface area (Å²) >= 11 is 0. The monoisotopic (exact) mass is 288 g/mol. The van der Waals surface area contributed by atoms with E-state index in [-0.39, 0.29) is 5.56 Å². The maximum Gasteiger partial charge on any atom is 0.339 e. The highest BCUT2D eigenvalue weighted by Gasteiger charge is 2.20. The molecular formula is C16H20N2O3. The molecule has 2 rings (SSSR count). The van der Waals surface area contributed by atoms with Crippen LogP contribution in [0.4, 0.5) is 0 Å². The highest BCUT2D eigenvalue weighted by molar-refractivity contribution is 5.95. The van der Waals surface area contributed by atoms with E-state index in [4.69, 9.17) is 4.74 Å². The van der Waals surface area contributed by atoms with Gasteiger partial charge in [-0.1, -0.05) is 25.0 Å².